The Morgan fingerprint density at radius 2 is 1.57 bits per heavy atom. The smallest absolute Gasteiger partial charge is 0.338 e. The predicted octanol–water partition coefficient (Wildman–Crippen LogP) is 3.50. The summed E-state index contributed by atoms with van der Waals surface area (Å²) in [7, 11) is 1.54. The van der Waals surface area contributed by atoms with E-state index in [4.69, 9.17) is 9.47 Å². The highest BCUT2D eigenvalue weighted by Crippen LogP contribution is 2.14. The van der Waals surface area contributed by atoms with Crippen LogP contribution in [-0.4, -0.2) is 32.2 Å². The van der Waals surface area contributed by atoms with Gasteiger partial charge in [-0.15, -0.1) is 0 Å². The first-order valence-electron chi connectivity index (χ1n) is 6.93. The quantitative estimate of drug-likeness (QED) is 0.617. The molecule has 0 saturated carbocycles. The summed E-state index contributed by atoms with van der Waals surface area (Å²) < 4.78 is 10.7. The molecule has 0 aliphatic heterocycles. The third kappa shape index (κ3) is 5.19. The first kappa shape index (κ1) is 17.2. The number of hydrogen-bond acceptors (Lipinski definition) is 4. The van der Waals surface area contributed by atoms with Crippen molar-refractivity contribution >= 4 is 33.5 Å². The molecule has 2 aromatic carbocycles. The fraction of sp³-hybridized carbons (Fsp3) is 0.176. The van der Waals surface area contributed by atoms with Crippen molar-refractivity contribution in [1.82, 2.24) is 0 Å². The number of amides is 1. The van der Waals surface area contributed by atoms with Gasteiger partial charge in [-0.1, -0.05) is 15.9 Å². The summed E-state index contributed by atoms with van der Waals surface area (Å²) in [6.07, 6.45) is 0. The van der Waals surface area contributed by atoms with Gasteiger partial charge in [0.1, 0.15) is 6.61 Å². The van der Waals surface area contributed by atoms with Gasteiger partial charge in [0, 0.05) is 22.8 Å². The van der Waals surface area contributed by atoms with Crippen LogP contribution in [-0.2, 0) is 9.47 Å². The van der Waals surface area contributed by atoms with E-state index >= 15 is 0 Å². The number of ether oxygens (including phenoxy) is 2. The normalized spacial score (nSPS) is 10.2. The molecule has 0 unspecified atom stereocenters. The van der Waals surface area contributed by atoms with E-state index in [2.05, 4.69) is 21.2 Å². The maximum absolute atomic E-state index is 12.1. The molecule has 0 radical (unpaired) electrons. The van der Waals surface area contributed by atoms with E-state index in [0.717, 1.165) is 4.47 Å². The van der Waals surface area contributed by atoms with Crippen molar-refractivity contribution in [3.8, 4) is 0 Å². The van der Waals surface area contributed by atoms with E-state index in [1.807, 2.05) is 0 Å². The summed E-state index contributed by atoms with van der Waals surface area (Å²) in [4.78, 5) is 23.8. The van der Waals surface area contributed by atoms with Gasteiger partial charge in [-0.2, -0.15) is 0 Å². The fourth-order valence-electron chi connectivity index (χ4n) is 1.80. The molecule has 0 bridgehead atoms. The maximum atomic E-state index is 12.1. The highest BCUT2D eigenvalue weighted by molar-refractivity contribution is 9.10. The van der Waals surface area contributed by atoms with Crippen LogP contribution in [0.5, 0.6) is 0 Å². The SMILES string of the molecule is COCCOC(=O)c1ccc(NC(=O)c2ccc(Br)cc2)cc1. The molecule has 0 spiro atoms. The number of nitrogens with one attached hydrogen (secondary N) is 1. The zero-order valence-electron chi connectivity index (χ0n) is 12.5. The van der Waals surface area contributed by atoms with Gasteiger partial charge in [0.05, 0.1) is 12.2 Å². The molecule has 2 aromatic rings. The van der Waals surface area contributed by atoms with E-state index in [9.17, 15) is 9.59 Å². The zero-order chi connectivity index (χ0) is 16.7. The van der Waals surface area contributed by atoms with Gasteiger partial charge in [-0.25, -0.2) is 4.79 Å². The number of carbonyl (C=O) groups excluding carboxylic acids is 2. The fourth-order valence-corrected chi connectivity index (χ4v) is 2.06. The predicted molar refractivity (Wildman–Crippen MR) is 90.7 cm³/mol. The van der Waals surface area contributed by atoms with Crippen molar-refractivity contribution in [1.29, 1.82) is 0 Å². The second-order valence-electron chi connectivity index (χ2n) is 4.67. The largest absolute Gasteiger partial charge is 0.460 e. The van der Waals surface area contributed by atoms with Crippen LogP contribution >= 0.6 is 15.9 Å². The molecule has 0 fully saturated rings. The van der Waals surface area contributed by atoms with Crippen LogP contribution in [0.3, 0.4) is 0 Å². The second kappa shape index (κ2) is 8.45. The molecule has 1 N–H and O–H groups in total. The van der Waals surface area contributed by atoms with Crippen LogP contribution in [0.4, 0.5) is 5.69 Å². The van der Waals surface area contributed by atoms with E-state index in [1.54, 1.807) is 48.5 Å². The monoisotopic (exact) mass is 377 g/mol. The standard InChI is InChI=1S/C17H16BrNO4/c1-22-10-11-23-17(21)13-4-8-15(9-5-13)19-16(20)12-2-6-14(18)7-3-12/h2-9H,10-11H2,1H3,(H,19,20). The molecule has 0 atom stereocenters. The van der Waals surface area contributed by atoms with E-state index in [-0.39, 0.29) is 12.5 Å². The highest BCUT2D eigenvalue weighted by atomic mass is 79.9. The van der Waals surface area contributed by atoms with Crippen LogP contribution in [0.25, 0.3) is 0 Å². The van der Waals surface area contributed by atoms with Gasteiger partial charge in [0.2, 0.25) is 0 Å². The average molecular weight is 378 g/mol. The number of rotatable bonds is 6. The minimum atomic E-state index is -0.423. The molecular weight excluding hydrogens is 362 g/mol. The Balaban J connectivity index is 1.95. The number of halogens is 1. The number of anilines is 1. The molecule has 6 heteroatoms. The average Bonchev–Trinajstić information content (AvgIpc) is 2.56. The van der Waals surface area contributed by atoms with Crippen LogP contribution in [0.15, 0.2) is 53.0 Å². The number of esters is 1. The summed E-state index contributed by atoms with van der Waals surface area (Å²) in [6, 6.07) is 13.6. The minimum absolute atomic E-state index is 0.206. The number of carbonyl (C=O) groups is 2. The lowest BCUT2D eigenvalue weighted by molar-refractivity contribution is 0.0388. The van der Waals surface area contributed by atoms with E-state index in [1.165, 1.54) is 7.11 Å². The molecule has 0 aliphatic rings. The van der Waals surface area contributed by atoms with Crippen LogP contribution in [0, 0.1) is 0 Å². The molecule has 120 valence electrons. The summed E-state index contributed by atoms with van der Waals surface area (Å²) in [5.74, 6) is -0.638. The zero-order valence-corrected chi connectivity index (χ0v) is 14.1. The first-order valence-corrected chi connectivity index (χ1v) is 7.72. The van der Waals surface area contributed by atoms with Crippen LogP contribution in [0.2, 0.25) is 0 Å². The maximum Gasteiger partial charge on any atom is 0.338 e. The third-order valence-electron chi connectivity index (χ3n) is 3.01. The summed E-state index contributed by atoms with van der Waals surface area (Å²) in [5.41, 5.74) is 1.57. The minimum Gasteiger partial charge on any atom is -0.460 e. The molecule has 1 amide bonds. The van der Waals surface area contributed by atoms with E-state index < -0.39 is 5.97 Å². The molecule has 0 aromatic heterocycles. The molecule has 5 nitrogen and oxygen atoms in total. The molecule has 0 heterocycles. The highest BCUT2D eigenvalue weighted by Gasteiger charge is 2.09. The molecule has 23 heavy (non-hydrogen) atoms. The Bertz CT molecular complexity index is 668. The van der Waals surface area contributed by atoms with Crippen molar-refractivity contribution in [2.45, 2.75) is 0 Å². The lowest BCUT2D eigenvalue weighted by Crippen LogP contribution is -2.12. The number of methoxy groups -OCH3 is 1. The van der Waals surface area contributed by atoms with Crippen molar-refractivity contribution < 1.29 is 19.1 Å². The van der Waals surface area contributed by atoms with Gasteiger partial charge in [0.15, 0.2) is 0 Å². The van der Waals surface area contributed by atoms with Gasteiger partial charge in [0.25, 0.3) is 5.91 Å². The number of benzene rings is 2. The van der Waals surface area contributed by atoms with E-state index in [0.29, 0.717) is 23.4 Å². The van der Waals surface area contributed by atoms with Crippen LogP contribution in [0.1, 0.15) is 20.7 Å². The van der Waals surface area contributed by atoms with Crippen molar-refractivity contribution in [2.75, 3.05) is 25.6 Å². The summed E-state index contributed by atoms with van der Waals surface area (Å²) in [5, 5.41) is 2.77. The molecular formula is C17H16BrNO4. The van der Waals surface area contributed by atoms with Gasteiger partial charge < -0.3 is 14.8 Å². The molecule has 0 aliphatic carbocycles. The van der Waals surface area contributed by atoms with Crippen molar-refractivity contribution in [2.24, 2.45) is 0 Å². The summed E-state index contributed by atoms with van der Waals surface area (Å²) in [6.45, 7) is 0.560. The Kier molecular flexibility index (Phi) is 6.31. The first-order chi connectivity index (χ1) is 11.1. The number of hydrogen-bond donors (Lipinski definition) is 1. The topological polar surface area (TPSA) is 64.6 Å². The van der Waals surface area contributed by atoms with Gasteiger partial charge >= 0.3 is 5.97 Å². The van der Waals surface area contributed by atoms with Gasteiger partial charge in [-0.3, -0.25) is 4.79 Å². The summed E-state index contributed by atoms with van der Waals surface area (Å²) >= 11 is 3.32. The molecule has 2 rings (SSSR count). The van der Waals surface area contributed by atoms with Crippen molar-refractivity contribution in [3.63, 3.8) is 0 Å². The lowest BCUT2D eigenvalue weighted by atomic mass is 10.2. The van der Waals surface area contributed by atoms with Crippen LogP contribution < -0.4 is 5.32 Å². The Hall–Kier alpha value is -2.18. The Labute approximate surface area is 142 Å². The lowest BCUT2D eigenvalue weighted by Gasteiger charge is -2.07. The van der Waals surface area contributed by atoms with Crippen molar-refractivity contribution in [3.05, 3.63) is 64.1 Å². The van der Waals surface area contributed by atoms with Gasteiger partial charge in [-0.05, 0) is 48.5 Å². The third-order valence-corrected chi connectivity index (χ3v) is 3.53. The Morgan fingerprint density at radius 1 is 0.957 bits per heavy atom. The Morgan fingerprint density at radius 3 is 2.17 bits per heavy atom. The second-order valence-corrected chi connectivity index (χ2v) is 5.58. The molecule has 0 saturated heterocycles.